The molecule has 2 rings (SSSR count). The summed E-state index contributed by atoms with van der Waals surface area (Å²) in [6.45, 7) is 0. The fourth-order valence-corrected chi connectivity index (χ4v) is 1.49. The maximum absolute atomic E-state index is 11.5. The maximum atomic E-state index is 11.5. The Labute approximate surface area is 100 Å². The van der Waals surface area contributed by atoms with Crippen molar-refractivity contribution in [3.63, 3.8) is 0 Å². The molecule has 1 aromatic heterocycles. The zero-order valence-corrected chi connectivity index (χ0v) is 9.92. The molecule has 0 saturated carbocycles. The standard InChI is InChI=1S/C13H15N3O/c1-15(2)13(17)14-11-6-5-7-12(10-11)16-8-3-4-9-16/h3-10H,1-2H3,(H,14,17). The molecule has 0 unspecified atom stereocenters. The van der Waals surface area contributed by atoms with Gasteiger partial charge in [-0.3, -0.25) is 0 Å². The minimum Gasteiger partial charge on any atom is -0.331 e. The SMILES string of the molecule is CN(C)C(=O)Nc1cccc(-n2cccc2)c1. The number of nitrogens with zero attached hydrogens (tertiary/aromatic N) is 2. The average Bonchev–Trinajstić information content (AvgIpc) is 2.82. The fraction of sp³-hybridized carbons (Fsp3) is 0.154. The first-order valence-corrected chi connectivity index (χ1v) is 5.38. The van der Waals surface area contributed by atoms with Crippen molar-refractivity contribution in [1.29, 1.82) is 0 Å². The summed E-state index contributed by atoms with van der Waals surface area (Å²) >= 11 is 0. The van der Waals surface area contributed by atoms with Crippen LogP contribution in [0.2, 0.25) is 0 Å². The predicted molar refractivity (Wildman–Crippen MR) is 68.5 cm³/mol. The van der Waals surface area contributed by atoms with Gasteiger partial charge in [0.05, 0.1) is 0 Å². The molecule has 4 heteroatoms. The van der Waals surface area contributed by atoms with Crippen LogP contribution in [0.1, 0.15) is 0 Å². The van der Waals surface area contributed by atoms with Crippen molar-refractivity contribution in [2.75, 3.05) is 19.4 Å². The van der Waals surface area contributed by atoms with E-state index in [2.05, 4.69) is 5.32 Å². The van der Waals surface area contributed by atoms with Gasteiger partial charge in [0.2, 0.25) is 0 Å². The molecule has 88 valence electrons. The zero-order valence-electron chi connectivity index (χ0n) is 9.92. The molecule has 1 N–H and O–H groups in total. The van der Waals surface area contributed by atoms with E-state index in [-0.39, 0.29) is 6.03 Å². The van der Waals surface area contributed by atoms with Crippen LogP contribution in [-0.2, 0) is 0 Å². The normalized spacial score (nSPS) is 10.0. The van der Waals surface area contributed by atoms with E-state index in [0.29, 0.717) is 0 Å². The molecule has 0 atom stereocenters. The smallest absolute Gasteiger partial charge is 0.321 e. The Balaban J connectivity index is 2.20. The summed E-state index contributed by atoms with van der Waals surface area (Å²) in [6.07, 6.45) is 3.93. The quantitative estimate of drug-likeness (QED) is 0.844. The molecule has 0 fully saturated rings. The number of hydrogen-bond acceptors (Lipinski definition) is 1. The van der Waals surface area contributed by atoms with Crippen LogP contribution in [0.4, 0.5) is 10.5 Å². The lowest BCUT2D eigenvalue weighted by Crippen LogP contribution is -2.27. The first kappa shape index (κ1) is 11.3. The molecule has 0 spiro atoms. The summed E-state index contributed by atoms with van der Waals surface area (Å²) in [4.78, 5) is 13.0. The molecule has 0 aliphatic carbocycles. The van der Waals surface area contributed by atoms with Crippen molar-refractivity contribution in [1.82, 2.24) is 9.47 Å². The van der Waals surface area contributed by atoms with Crippen LogP contribution >= 0.6 is 0 Å². The van der Waals surface area contributed by atoms with E-state index in [0.717, 1.165) is 11.4 Å². The molecule has 0 aliphatic heterocycles. The summed E-state index contributed by atoms with van der Waals surface area (Å²) in [6, 6.07) is 11.5. The van der Waals surface area contributed by atoms with E-state index < -0.39 is 0 Å². The number of anilines is 1. The van der Waals surface area contributed by atoms with Crippen molar-refractivity contribution in [3.05, 3.63) is 48.8 Å². The summed E-state index contributed by atoms with van der Waals surface area (Å²) in [7, 11) is 3.43. The summed E-state index contributed by atoms with van der Waals surface area (Å²) in [5, 5.41) is 2.82. The van der Waals surface area contributed by atoms with Crippen LogP contribution in [0.15, 0.2) is 48.8 Å². The third-order valence-electron chi connectivity index (χ3n) is 2.41. The number of carbonyl (C=O) groups is 1. The second-order valence-electron chi connectivity index (χ2n) is 3.97. The van der Waals surface area contributed by atoms with Crippen molar-refractivity contribution in [2.45, 2.75) is 0 Å². The van der Waals surface area contributed by atoms with Crippen LogP contribution in [0.25, 0.3) is 5.69 Å². The van der Waals surface area contributed by atoms with Crippen LogP contribution in [0, 0.1) is 0 Å². The first-order valence-electron chi connectivity index (χ1n) is 5.38. The number of aromatic nitrogens is 1. The molecular weight excluding hydrogens is 214 g/mol. The monoisotopic (exact) mass is 229 g/mol. The van der Waals surface area contributed by atoms with Gasteiger partial charge in [0.25, 0.3) is 0 Å². The Morgan fingerprint density at radius 1 is 1.18 bits per heavy atom. The van der Waals surface area contributed by atoms with Crippen molar-refractivity contribution in [3.8, 4) is 5.69 Å². The molecule has 0 bridgehead atoms. The van der Waals surface area contributed by atoms with Gasteiger partial charge < -0.3 is 14.8 Å². The maximum Gasteiger partial charge on any atom is 0.321 e. The van der Waals surface area contributed by atoms with Crippen LogP contribution in [0.3, 0.4) is 0 Å². The summed E-state index contributed by atoms with van der Waals surface area (Å²) in [5.41, 5.74) is 1.81. The lowest BCUT2D eigenvalue weighted by molar-refractivity contribution is 0.230. The fourth-order valence-electron chi connectivity index (χ4n) is 1.49. The largest absolute Gasteiger partial charge is 0.331 e. The number of carbonyl (C=O) groups excluding carboxylic acids is 1. The highest BCUT2D eigenvalue weighted by Crippen LogP contribution is 2.15. The third kappa shape index (κ3) is 2.66. The van der Waals surface area contributed by atoms with E-state index in [4.69, 9.17) is 0 Å². The molecule has 2 aromatic rings. The Kier molecular flexibility index (Phi) is 3.14. The van der Waals surface area contributed by atoms with E-state index in [1.165, 1.54) is 4.90 Å². The van der Waals surface area contributed by atoms with Gasteiger partial charge in [0, 0.05) is 37.9 Å². The van der Waals surface area contributed by atoms with Crippen LogP contribution in [0.5, 0.6) is 0 Å². The van der Waals surface area contributed by atoms with Gasteiger partial charge >= 0.3 is 6.03 Å². The summed E-state index contributed by atoms with van der Waals surface area (Å²) in [5.74, 6) is 0. The lowest BCUT2D eigenvalue weighted by atomic mass is 10.3. The summed E-state index contributed by atoms with van der Waals surface area (Å²) < 4.78 is 1.99. The Hall–Kier alpha value is -2.23. The van der Waals surface area contributed by atoms with Gasteiger partial charge in [-0.2, -0.15) is 0 Å². The Morgan fingerprint density at radius 2 is 1.88 bits per heavy atom. The average molecular weight is 229 g/mol. The molecule has 2 amide bonds. The van der Waals surface area contributed by atoms with Crippen LogP contribution < -0.4 is 5.32 Å². The molecule has 0 aliphatic rings. The molecule has 1 heterocycles. The first-order chi connectivity index (χ1) is 8.16. The van der Waals surface area contributed by atoms with Gasteiger partial charge in [-0.15, -0.1) is 0 Å². The highest BCUT2D eigenvalue weighted by atomic mass is 16.2. The predicted octanol–water partition coefficient (Wildman–Crippen LogP) is 2.57. The van der Waals surface area contributed by atoms with Crippen molar-refractivity contribution < 1.29 is 4.79 Å². The molecular formula is C13H15N3O. The number of urea groups is 1. The van der Waals surface area contributed by atoms with E-state index in [1.54, 1.807) is 14.1 Å². The highest BCUT2D eigenvalue weighted by Gasteiger charge is 2.04. The molecule has 4 nitrogen and oxygen atoms in total. The number of amides is 2. The third-order valence-corrected chi connectivity index (χ3v) is 2.41. The van der Waals surface area contributed by atoms with Gasteiger partial charge in [-0.25, -0.2) is 4.79 Å². The van der Waals surface area contributed by atoms with E-state index in [1.807, 2.05) is 53.4 Å². The van der Waals surface area contributed by atoms with Gasteiger partial charge in [-0.1, -0.05) is 6.07 Å². The molecule has 0 saturated heterocycles. The van der Waals surface area contributed by atoms with Crippen molar-refractivity contribution >= 4 is 11.7 Å². The second-order valence-corrected chi connectivity index (χ2v) is 3.97. The number of hydrogen-bond donors (Lipinski definition) is 1. The molecule has 0 radical (unpaired) electrons. The highest BCUT2D eigenvalue weighted by molar-refractivity contribution is 5.89. The number of rotatable bonds is 2. The second kappa shape index (κ2) is 4.74. The van der Waals surface area contributed by atoms with E-state index in [9.17, 15) is 4.79 Å². The molecule has 17 heavy (non-hydrogen) atoms. The zero-order chi connectivity index (χ0) is 12.3. The van der Waals surface area contributed by atoms with Gasteiger partial charge in [0.1, 0.15) is 0 Å². The van der Waals surface area contributed by atoms with E-state index >= 15 is 0 Å². The topological polar surface area (TPSA) is 37.3 Å². The lowest BCUT2D eigenvalue weighted by Gasteiger charge is -2.12. The van der Waals surface area contributed by atoms with Crippen LogP contribution in [-0.4, -0.2) is 29.6 Å². The number of nitrogens with one attached hydrogen (secondary N) is 1. The minimum atomic E-state index is -0.130. The van der Waals surface area contributed by atoms with Gasteiger partial charge in [-0.05, 0) is 30.3 Å². The molecule has 1 aromatic carbocycles. The minimum absolute atomic E-state index is 0.130. The van der Waals surface area contributed by atoms with Crippen molar-refractivity contribution in [2.24, 2.45) is 0 Å². The Morgan fingerprint density at radius 3 is 2.53 bits per heavy atom. The van der Waals surface area contributed by atoms with Gasteiger partial charge in [0.15, 0.2) is 0 Å². The number of benzene rings is 1. The Bertz CT molecular complexity index is 503.